The fourth-order valence-corrected chi connectivity index (χ4v) is 6.85. The molecule has 12 N–H and O–H groups in total. The first-order chi connectivity index (χ1) is 30.4. The molecule has 0 bridgehead atoms. The van der Waals surface area contributed by atoms with Gasteiger partial charge in [-0.1, -0.05) is 58.0 Å². The Hall–Kier alpha value is -6.65. The summed E-state index contributed by atoms with van der Waals surface area (Å²) in [5.41, 5.74) is 6.40. The third-order valence-electron chi connectivity index (χ3n) is 10.4. The molecule has 1 heterocycles. The van der Waals surface area contributed by atoms with Crippen LogP contribution in [0.2, 0.25) is 0 Å². The molecular weight excluding hydrogens is 857 g/mol. The first-order valence-corrected chi connectivity index (χ1v) is 21.2. The van der Waals surface area contributed by atoms with Crippen molar-refractivity contribution < 1.29 is 73.2 Å². The van der Waals surface area contributed by atoms with Crippen LogP contribution in [0.3, 0.4) is 0 Å². The third kappa shape index (κ3) is 18.5. The van der Waals surface area contributed by atoms with Crippen molar-refractivity contribution in [1.82, 2.24) is 36.8 Å². The largest absolute Gasteiger partial charge is 0.481 e. The number of benzene rings is 1. The number of rotatable bonds is 27. The monoisotopic (exact) mass is 918 g/mol. The summed E-state index contributed by atoms with van der Waals surface area (Å²) in [7, 11) is 0. The number of nitrogens with one attached hydrogen (secondary N) is 6. The first kappa shape index (κ1) is 54.5. The molecule has 360 valence electrons. The lowest BCUT2D eigenvalue weighted by Crippen LogP contribution is -2.60. The molecule has 23 heteroatoms. The normalized spacial score (nSPS) is 16.7. The number of carboxylic acid groups (broad SMARTS) is 4. The zero-order valence-corrected chi connectivity index (χ0v) is 37.0. The van der Waals surface area contributed by atoms with Crippen LogP contribution < -0.4 is 37.6 Å². The van der Waals surface area contributed by atoms with Crippen molar-refractivity contribution in [2.75, 3.05) is 6.54 Å². The maximum atomic E-state index is 14.1. The number of aliphatic carboxylic acids is 4. The number of carbonyl (C=O) groups excluding carboxylic acids is 7. The summed E-state index contributed by atoms with van der Waals surface area (Å²) in [4.78, 5) is 141. The molecule has 23 nitrogen and oxygen atoms in total. The van der Waals surface area contributed by atoms with E-state index in [0.29, 0.717) is 12.0 Å². The van der Waals surface area contributed by atoms with E-state index >= 15 is 0 Å². The summed E-state index contributed by atoms with van der Waals surface area (Å²) < 4.78 is 0. The summed E-state index contributed by atoms with van der Waals surface area (Å²) in [6, 6.07) is -2.88. The van der Waals surface area contributed by atoms with Crippen molar-refractivity contribution in [2.45, 2.75) is 141 Å². The van der Waals surface area contributed by atoms with Crippen LogP contribution in [0.5, 0.6) is 0 Å². The molecule has 7 amide bonds. The van der Waals surface area contributed by atoms with Gasteiger partial charge in [0.25, 0.3) is 0 Å². The highest BCUT2D eigenvalue weighted by Gasteiger charge is 2.41. The summed E-state index contributed by atoms with van der Waals surface area (Å²) >= 11 is 0. The second kappa shape index (κ2) is 26.2. The van der Waals surface area contributed by atoms with Crippen LogP contribution >= 0.6 is 0 Å². The van der Waals surface area contributed by atoms with E-state index in [1.165, 1.54) is 4.90 Å². The van der Waals surface area contributed by atoms with Gasteiger partial charge in [-0.25, -0.2) is 4.79 Å². The minimum Gasteiger partial charge on any atom is -0.481 e. The third-order valence-corrected chi connectivity index (χ3v) is 10.4. The Morgan fingerprint density at radius 3 is 1.77 bits per heavy atom. The molecule has 0 radical (unpaired) electrons. The van der Waals surface area contributed by atoms with Gasteiger partial charge in [0.1, 0.15) is 42.3 Å². The number of hydrogen-bond acceptors (Lipinski definition) is 12. The molecule has 0 aliphatic carbocycles. The molecule has 8 atom stereocenters. The first-order valence-electron chi connectivity index (χ1n) is 21.2. The van der Waals surface area contributed by atoms with Gasteiger partial charge in [0.15, 0.2) is 0 Å². The summed E-state index contributed by atoms with van der Waals surface area (Å²) in [5, 5.41) is 52.0. The Morgan fingerprint density at radius 2 is 1.22 bits per heavy atom. The maximum absolute atomic E-state index is 14.1. The second-order valence-corrected chi connectivity index (χ2v) is 16.6. The Bertz CT molecular complexity index is 1900. The molecule has 0 unspecified atom stereocenters. The molecule has 0 saturated carbocycles. The van der Waals surface area contributed by atoms with E-state index in [1.807, 2.05) is 0 Å². The minimum absolute atomic E-state index is 0.0489. The number of amides is 7. The molecule has 0 aromatic heterocycles. The second-order valence-electron chi connectivity index (χ2n) is 16.6. The SMILES string of the molecule is CC(C)C[C@H](NC(=O)[C@@H](NC(=O)[C@@H](N)CCC(=O)O)C(C)C)C(=O)N1CCC[C@H]1C(=O)N[C@@H](CC(=O)O)C(=O)N[C@@H](C)C(=O)N[C@@H](CCC(=O)O)C(=O)N[C@@H](Cc1ccccc1)C(=O)O. The van der Waals surface area contributed by atoms with Crippen molar-refractivity contribution in [3.8, 4) is 0 Å². The van der Waals surface area contributed by atoms with E-state index in [-0.39, 0.29) is 44.6 Å². The van der Waals surface area contributed by atoms with Crippen molar-refractivity contribution in [1.29, 1.82) is 0 Å². The van der Waals surface area contributed by atoms with Gasteiger partial charge in [-0.15, -0.1) is 0 Å². The topological polar surface area (TPSA) is 370 Å². The average Bonchev–Trinajstić information content (AvgIpc) is 3.72. The van der Waals surface area contributed by atoms with Crippen molar-refractivity contribution in [2.24, 2.45) is 17.6 Å². The predicted octanol–water partition coefficient (Wildman–Crippen LogP) is -1.53. The van der Waals surface area contributed by atoms with Gasteiger partial charge in [0, 0.05) is 25.8 Å². The quantitative estimate of drug-likeness (QED) is 0.0477. The Labute approximate surface area is 375 Å². The molecule has 1 saturated heterocycles. The highest BCUT2D eigenvalue weighted by molar-refractivity contribution is 5.98. The van der Waals surface area contributed by atoms with Crippen LogP contribution in [0, 0.1) is 11.8 Å². The zero-order valence-electron chi connectivity index (χ0n) is 37.0. The van der Waals surface area contributed by atoms with Gasteiger partial charge in [-0.05, 0) is 56.4 Å². The number of nitrogens with zero attached hydrogens (tertiary/aromatic N) is 1. The fraction of sp³-hybridized carbons (Fsp3) is 0.595. The zero-order chi connectivity index (χ0) is 49.1. The molecule has 1 aliphatic heterocycles. The number of likely N-dealkylation sites (tertiary alicyclic amines) is 1. The molecule has 1 fully saturated rings. The van der Waals surface area contributed by atoms with Gasteiger partial charge in [-0.2, -0.15) is 0 Å². The molecule has 1 aliphatic rings. The number of carbonyl (C=O) groups is 11. The number of nitrogens with two attached hydrogens (primary N) is 1. The summed E-state index contributed by atoms with van der Waals surface area (Å²) in [6.45, 7) is 8.05. The predicted molar refractivity (Wildman–Crippen MR) is 228 cm³/mol. The molecule has 65 heavy (non-hydrogen) atoms. The van der Waals surface area contributed by atoms with E-state index in [4.69, 9.17) is 10.8 Å². The average molecular weight is 919 g/mol. The van der Waals surface area contributed by atoms with Crippen molar-refractivity contribution >= 4 is 65.2 Å². The molecular formula is C42H62N8O15. The summed E-state index contributed by atoms with van der Waals surface area (Å²) in [6.07, 6.45) is -2.25. The van der Waals surface area contributed by atoms with E-state index in [2.05, 4.69) is 31.9 Å². The maximum Gasteiger partial charge on any atom is 0.326 e. The van der Waals surface area contributed by atoms with Crippen LogP contribution in [0.25, 0.3) is 0 Å². The van der Waals surface area contributed by atoms with Crippen LogP contribution in [0.1, 0.15) is 91.5 Å². The van der Waals surface area contributed by atoms with Gasteiger partial charge in [-0.3, -0.25) is 47.9 Å². The van der Waals surface area contributed by atoms with E-state index in [1.54, 1.807) is 58.0 Å². The van der Waals surface area contributed by atoms with Gasteiger partial charge in [0.2, 0.25) is 41.4 Å². The fourth-order valence-electron chi connectivity index (χ4n) is 6.85. The van der Waals surface area contributed by atoms with Crippen LogP contribution in [0.15, 0.2) is 30.3 Å². The smallest absolute Gasteiger partial charge is 0.326 e. The molecule has 1 aromatic rings. The van der Waals surface area contributed by atoms with Crippen molar-refractivity contribution in [3.63, 3.8) is 0 Å². The Balaban J connectivity index is 2.21. The van der Waals surface area contributed by atoms with Crippen LogP contribution in [-0.2, 0) is 59.2 Å². The highest BCUT2D eigenvalue weighted by atomic mass is 16.4. The van der Waals surface area contributed by atoms with Crippen molar-refractivity contribution in [3.05, 3.63) is 35.9 Å². The highest BCUT2D eigenvalue weighted by Crippen LogP contribution is 2.21. The van der Waals surface area contributed by atoms with Gasteiger partial charge >= 0.3 is 23.9 Å². The van der Waals surface area contributed by atoms with E-state index < -0.39 is 139 Å². The van der Waals surface area contributed by atoms with Gasteiger partial charge in [0.05, 0.1) is 12.5 Å². The van der Waals surface area contributed by atoms with Gasteiger partial charge < -0.3 is 63.0 Å². The molecule has 1 aromatic carbocycles. The molecule has 2 rings (SSSR count). The number of hydrogen-bond donors (Lipinski definition) is 11. The lowest BCUT2D eigenvalue weighted by molar-refractivity contribution is -0.144. The lowest BCUT2D eigenvalue weighted by atomic mass is 9.99. The Kier molecular flexibility index (Phi) is 22.0. The minimum atomic E-state index is -1.79. The Morgan fingerprint density at radius 1 is 0.646 bits per heavy atom. The number of carboxylic acids is 4. The summed E-state index contributed by atoms with van der Waals surface area (Å²) in [5.74, 6) is -12.4. The lowest BCUT2D eigenvalue weighted by Gasteiger charge is -2.32. The van der Waals surface area contributed by atoms with E-state index in [0.717, 1.165) is 6.92 Å². The standard InChI is InChI=1S/C42H62N8O15/c1-21(2)18-28(47-40(62)34(22(3)4)49-36(58)25(43)13-15-31(51)52)41(63)50-17-9-12-30(50)39(61)46-27(20-33(55)56)38(60)44-23(5)35(57)45-26(14-16-32(53)54)37(59)48-29(42(64)65)19-24-10-7-6-8-11-24/h6-8,10-11,21-23,25-30,34H,9,12-20,43H2,1-5H3,(H,44,60)(H,45,57)(H,46,61)(H,47,62)(H,48,59)(H,49,58)(H,51,52)(H,53,54)(H,55,56)(H,64,65)/t23-,25-,26-,27-,28-,29-,30-,34-/m0/s1. The van der Waals surface area contributed by atoms with Crippen LogP contribution in [-0.4, -0.2) is 145 Å². The molecule has 0 spiro atoms. The van der Waals surface area contributed by atoms with E-state index in [9.17, 15) is 68.1 Å². The van der Waals surface area contributed by atoms with Crippen LogP contribution in [0.4, 0.5) is 0 Å².